The van der Waals surface area contributed by atoms with E-state index in [1.165, 1.54) is 4.57 Å². The molecule has 1 N–H and O–H groups in total. The quantitative estimate of drug-likeness (QED) is 0.338. The van der Waals surface area contributed by atoms with Gasteiger partial charge in [0.15, 0.2) is 0 Å². The van der Waals surface area contributed by atoms with Gasteiger partial charge >= 0.3 is 5.69 Å². The minimum Gasteiger partial charge on any atom is -0.336 e. The second-order valence-electron chi connectivity index (χ2n) is 10.8. The average molecular weight is 618 g/mol. The zero-order chi connectivity index (χ0) is 29.2. The van der Waals surface area contributed by atoms with Crippen LogP contribution in [0.1, 0.15) is 54.4 Å². The number of piperazine rings is 1. The molecule has 14 heteroatoms. The first kappa shape index (κ1) is 27.9. The molecule has 2 atom stereocenters. The summed E-state index contributed by atoms with van der Waals surface area (Å²) in [4.78, 5) is 50.0. The lowest BCUT2D eigenvalue weighted by molar-refractivity contribution is 0.0265. The Morgan fingerprint density at radius 2 is 1.71 bits per heavy atom. The van der Waals surface area contributed by atoms with Crippen LogP contribution in [0, 0.1) is 0 Å². The first-order chi connectivity index (χ1) is 19.5. The van der Waals surface area contributed by atoms with Crippen LogP contribution >= 0.6 is 34.8 Å². The van der Waals surface area contributed by atoms with Crippen molar-refractivity contribution in [2.45, 2.75) is 51.2 Å². The van der Waals surface area contributed by atoms with Crippen LogP contribution in [0.25, 0.3) is 16.7 Å². The molecule has 0 unspecified atom stereocenters. The van der Waals surface area contributed by atoms with Crippen molar-refractivity contribution < 1.29 is 4.79 Å². The maximum absolute atomic E-state index is 13.9. The van der Waals surface area contributed by atoms with Gasteiger partial charge in [-0.3, -0.25) is 24.0 Å². The topological polar surface area (TPSA) is 122 Å². The number of fused-ring (bicyclic) bond motifs is 1. The molecule has 4 aromatic rings. The maximum Gasteiger partial charge on any atom is 0.329 e. The normalized spacial score (nSPS) is 19.7. The fourth-order valence-corrected chi connectivity index (χ4v) is 6.11. The molecule has 1 aromatic carbocycles. The van der Waals surface area contributed by atoms with Crippen LogP contribution in [0.2, 0.25) is 15.1 Å². The van der Waals surface area contributed by atoms with Crippen molar-refractivity contribution in [1.82, 2.24) is 39.3 Å². The van der Waals surface area contributed by atoms with Gasteiger partial charge in [0.25, 0.3) is 11.5 Å². The van der Waals surface area contributed by atoms with Crippen molar-refractivity contribution in [3.8, 4) is 5.69 Å². The number of aromatic amines is 1. The van der Waals surface area contributed by atoms with Crippen LogP contribution in [-0.4, -0.2) is 70.4 Å². The number of hydrogen-bond donors (Lipinski definition) is 1. The maximum atomic E-state index is 13.9. The smallest absolute Gasteiger partial charge is 0.329 e. The summed E-state index contributed by atoms with van der Waals surface area (Å²) in [5.74, 6) is -0.00997. The van der Waals surface area contributed by atoms with E-state index in [-0.39, 0.29) is 40.5 Å². The molecule has 6 rings (SSSR count). The third-order valence-electron chi connectivity index (χ3n) is 7.83. The Morgan fingerprint density at radius 1 is 1.02 bits per heavy atom. The van der Waals surface area contributed by atoms with Gasteiger partial charge in [0, 0.05) is 50.4 Å². The fourth-order valence-electron chi connectivity index (χ4n) is 5.48. The SMILES string of the molecule is C[C@@H]1CN(C(=O)c2cc(C3CC3)nc3c2c(=O)[nH]c(=O)n3C)C[C@H](C)N1Cc1cn(-c2cc(Cl)c(Cl)cc2Cl)nn1. The number of pyridine rings is 1. The van der Waals surface area contributed by atoms with E-state index in [1.807, 2.05) is 13.8 Å². The van der Waals surface area contributed by atoms with Gasteiger partial charge in [0.1, 0.15) is 5.65 Å². The van der Waals surface area contributed by atoms with Gasteiger partial charge in [-0.15, -0.1) is 5.10 Å². The van der Waals surface area contributed by atoms with E-state index in [0.29, 0.717) is 40.4 Å². The van der Waals surface area contributed by atoms with Crippen molar-refractivity contribution in [2.75, 3.05) is 13.1 Å². The number of aryl methyl sites for hydroxylation is 1. The molecular formula is C27H27Cl3N8O3. The molecule has 4 heterocycles. The second-order valence-corrected chi connectivity index (χ2v) is 12.1. The molecule has 0 radical (unpaired) electrons. The molecule has 1 aliphatic carbocycles. The predicted molar refractivity (Wildman–Crippen MR) is 156 cm³/mol. The van der Waals surface area contributed by atoms with Crippen molar-refractivity contribution in [3.63, 3.8) is 0 Å². The summed E-state index contributed by atoms with van der Waals surface area (Å²) in [5.41, 5.74) is 1.39. The highest BCUT2D eigenvalue weighted by Gasteiger charge is 2.35. The molecule has 0 bridgehead atoms. The van der Waals surface area contributed by atoms with Crippen molar-refractivity contribution in [3.05, 3.63) is 77.3 Å². The zero-order valence-corrected chi connectivity index (χ0v) is 24.8. The highest BCUT2D eigenvalue weighted by atomic mass is 35.5. The molecule has 2 aliphatic rings. The first-order valence-corrected chi connectivity index (χ1v) is 14.4. The third kappa shape index (κ3) is 5.16. The number of halogens is 3. The number of benzene rings is 1. The number of amides is 1. The first-order valence-electron chi connectivity index (χ1n) is 13.3. The van der Waals surface area contributed by atoms with Gasteiger partial charge in [-0.05, 0) is 44.9 Å². The molecular weight excluding hydrogens is 591 g/mol. The number of carbonyl (C=O) groups excluding carboxylic acids is 1. The molecule has 1 saturated heterocycles. The highest BCUT2D eigenvalue weighted by molar-refractivity contribution is 6.43. The van der Waals surface area contributed by atoms with E-state index in [9.17, 15) is 14.4 Å². The van der Waals surface area contributed by atoms with Crippen LogP contribution in [0.15, 0.2) is 34.0 Å². The summed E-state index contributed by atoms with van der Waals surface area (Å²) in [5, 5.41) is 9.80. The Labute approximate surface area is 249 Å². The number of carbonyl (C=O) groups is 1. The van der Waals surface area contributed by atoms with Crippen molar-refractivity contribution in [2.24, 2.45) is 7.05 Å². The molecule has 1 aliphatic heterocycles. The van der Waals surface area contributed by atoms with E-state index in [2.05, 4.69) is 25.2 Å². The van der Waals surface area contributed by atoms with E-state index < -0.39 is 11.2 Å². The Balaban J connectivity index is 1.24. The summed E-state index contributed by atoms with van der Waals surface area (Å²) < 4.78 is 2.85. The van der Waals surface area contributed by atoms with Gasteiger partial charge in [0.05, 0.1) is 43.6 Å². The molecule has 2 fully saturated rings. The van der Waals surface area contributed by atoms with E-state index in [4.69, 9.17) is 34.8 Å². The lowest BCUT2D eigenvalue weighted by atomic mass is 10.0. The second kappa shape index (κ2) is 10.5. The number of nitrogens with zero attached hydrogens (tertiary/aromatic N) is 7. The number of aromatic nitrogens is 6. The molecule has 11 nitrogen and oxygen atoms in total. The number of H-pyrrole nitrogens is 1. The molecule has 1 saturated carbocycles. The van der Waals surface area contributed by atoms with Gasteiger partial charge in [-0.1, -0.05) is 40.0 Å². The Hall–Kier alpha value is -3.25. The lowest BCUT2D eigenvalue weighted by Gasteiger charge is -2.44. The summed E-state index contributed by atoms with van der Waals surface area (Å²) in [6, 6.07) is 4.91. The van der Waals surface area contributed by atoms with Crippen LogP contribution in [0.3, 0.4) is 0 Å². The number of rotatable bonds is 5. The highest BCUT2D eigenvalue weighted by Crippen LogP contribution is 2.40. The van der Waals surface area contributed by atoms with Crippen LogP contribution in [-0.2, 0) is 13.6 Å². The van der Waals surface area contributed by atoms with E-state index >= 15 is 0 Å². The molecule has 214 valence electrons. The van der Waals surface area contributed by atoms with E-state index in [0.717, 1.165) is 24.2 Å². The summed E-state index contributed by atoms with van der Waals surface area (Å²) in [6.45, 7) is 5.50. The molecule has 0 spiro atoms. The van der Waals surface area contributed by atoms with Crippen LogP contribution in [0.5, 0.6) is 0 Å². The Morgan fingerprint density at radius 3 is 2.39 bits per heavy atom. The van der Waals surface area contributed by atoms with Crippen LogP contribution < -0.4 is 11.2 Å². The standard InChI is InChI=1S/C27H27Cl3N8O3/c1-13-9-36(26(40)17-6-21(15-4-5-15)31-24-23(17)25(39)32-27(41)35(24)3)10-14(2)37(13)11-16-12-38(34-33-16)22-8-19(29)18(28)7-20(22)30/h6-8,12-15H,4-5,9-11H2,1-3H3,(H,32,39,41)/t13-,14+. The summed E-state index contributed by atoms with van der Waals surface area (Å²) in [6.07, 6.45) is 3.73. The monoisotopic (exact) mass is 616 g/mol. The summed E-state index contributed by atoms with van der Waals surface area (Å²) in [7, 11) is 1.55. The Kier molecular flexibility index (Phi) is 7.17. The largest absolute Gasteiger partial charge is 0.336 e. The van der Waals surface area contributed by atoms with E-state index in [1.54, 1.807) is 41.0 Å². The number of hydrogen-bond acceptors (Lipinski definition) is 7. The zero-order valence-electron chi connectivity index (χ0n) is 22.6. The minimum absolute atomic E-state index is 0.0138. The van der Waals surface area contributed by atoms with Crippen LogP contribution in [0.4, 0.5) is 0 Å². The molecule has 3 aromatic heterocycles. The third-order valence-corrected chi connectivity index (χ3v) is 8.85. The summed E-state index contributed by atoms with van der Waals surface area (Å²) >= 11 is 18.6. The fraction of sp³-hybridized carbons (Fsp3) is 0.407. The minimum atomic E-state index is -0.605. The Bertz CT molecular complexity index is 1800. The van der Waals surface area contributed by atoms with Gasteiger partial charge in [0.2, 0.25) is 0 Å². The van der Waals surface area contributed by atoms with Gasteiger partial charge < -0.3 is 4.90 Å². The van der Waals surface area contributed by atoms with Crippen molar-refractivity contribution in [1.29, 1.82) is 0 Å². The van der Waals surface area contributed by atoms with Crippen molar-refractivity contribution >= 4 is 51.7 Å². The predicted octanol–water partition coefficient (Wildman–Crippen LogP) is 3.78. The lowest BCUT2D eigenvalue weighted by Crippen LogP contribution is -2.57. The van der Waals surface area contributed by atoms with Gasteiger partial charge in [-0.25, -0.2) is 14.5 Å². The molecule has 41 heavy (non-hydrogen) atoms. The van der Waals surface area contributed by atoms with Gasteiger partial charge in [-0.2, -0.15) is 0 Å². The number of nitrogens with one attached hydrogen (secondary N) is 1. The average Bonchev–Trinajstić information content (AvgIpc) is 3.68. The molecule has 1 amide bonds.